The molecule has 26 heavy (non-hydrogen) atoms. The number of rotatable bonds is 7. The van der Waals surface area contributed by atoms with Crippen LogP contribution in [0.5, 0.6) is 0 Å². The highest BCUT2D eigenvalue weighted by Gasteiger charge is 2.09. The first-order chi connectivity index (χ1) is 12.3. The van der Waals surface area contributed by atoms with Crippen LogP contribution in [-0.4, -0.2) is 30.3 Å². The molecule has 3 N–H and O–H groups in total. The summed E-state index contributed by atoms with van der Waals surface area (Å²) >= 11 is 0. The number of carbonyl (C=O) groups excluding carboxylic acids is 4. The highest BCUT2D eigenvalue weighted by molar-refractivity contribution is 5.96. The lowest BCUT2D eigenvalue weighted by Gasteiger charge is -2.09. The minimum absolute atomic E-state index is 0.0340. The maximum absolute atomic E-state index is 11.9. The maximum atomic E-state index is 11.9. The Bertz CT molecular complexity index is 713. The number of carbonyl (C=O) groups is 4. The average Bonchev–Trinajstić information content (AvgIpc) is 2.59. The predicted octanol–water partition coefficient (Wildman–Crippen LogP) is 1.29. The van der Waals surface area contributed by atoms with E-state index in [1.807, 2.05) is 26.0 Å². The van der Waals surface area contributed by atoms with Crippen LogP contribution < -0.4 is 16.2 Å². The normalized spacial score (nSPS) is 10.3. The fourth-order valence-electron chi connectivity index (χ4n) is 1.96. The van der Waals surface area contributed by atoms with Gasteiger partial charge < -0.3 is 10.1 Å². The number of ether oxygens (including phenoxy) is 1. The molecule has 0 radical (unpaired) electrons. The minimum atomic E-state index is -0.689. The summed E-state index contributed by atoms with van der Waals surface area (Å²) in [7, 11) is 0. The van der Waals surface area contributed by atoms with Crippen LogP contribution in [0, 0.1) is 13.8 Å². The van der Waals surface area contributed by atoms with Gasteiger partial charge in [-0.05, 0) is 32.4 Å². The molecule has 0 unspecified atom stereocenters. The van der Waals surface area contributed by atoms with E-state index >= 15 is 0 Å². The van der Waals surface area contributed by atoms with Crippen molar-refractivity contribution in [2.24, 2.45) is 0 Å². The lowest BCUT2D eigenvalue weighted by molar-refractivity contribution is -0.137. The summed E-state index contributed by atoms with van der Waals surface area (Å²) in [5.41, 5.74) is 6.98. The largest absolute Gasteiger partial charge is 0.463 e. The van der Waals surface area contributed by atoms with Crippen molar-refractivity contribution in [3.05, 3.63) is 41.5 Å². The molecule has 0 heterocycles. The summed E-state index contributed by atoms with van der Waals surface area (Å²) in [4.78, 5) is 46.0. The molecule has 1 aromatic rings. The Morgan fingerprint density at radius 2 is 1.69 bits per heavy atom. The molecule has 0 saturated heterocycles. The molecule has 0 aliphatic carbocycles. The Balaban J connectivity index is 2.32. The Labute approximate surface area is 152 Å². The highest BCUT2D eigenvalue weighted by atomic mass is 16.5. The Morgan fingerprint density at radius 1 is 1.00 bits per heavy atom. The van der Waals surface area contributed by atoms with Crippen LogP contribution in [0.25, 0.3) is 0 Å². The van der Waals surface area contributed by atoms with Crippen molar-refractivity contribution in [3.63, 3.8) is 0 Å². The first-order valence-electron chi connectivity index (χ1n) is 8.12. The van der Waals surface area contributed by atoms with Gasteiger partial charge in [0, 0.05) is 30.7 Å². The lowest BCUT2D eigenvalue weighted by atomic mass is 10.1. The monoisotopic (exact) mass is 361 g/mol. The Morgan fingerprint density at radius 3 is 2.35 bits per heavy atom. The van der Waals surface area contributed by atoms with Gasteiger partial charge in [-0.2, -0.15) is 0 Å². The number of aryl methyl sites for hydroxylation is 2. The fourth-order valence-corrected chi connectivity index (χ4v) is 1.96. The molecule has 0 saturated carbocycles. The van der Waals surface area contributed by atoms with E-state index in [2.05, 4.69) is 20.9 Å². The summed E-state index contributed by atoms with van der Waals surface area (Å²) in [5.74, 6) is -2.18. The SMILES string of the molecule is CCOC(=O)/C=C/C(=O)NNC(=O)CCC(=O)Nc1ccc(C)cc1C. The van der Waals surface area contributed by atoms with Crippen LogP contribution in [0.2, 0.25) is 0 Å². The van der Waals surface area contributed by atoms with Crippen LogP contribution in [0.1, 0.15) is 30.9 Å². The number of benzene rings is 1. The highest BCUT2D eigenvalue weighted by Crippen LogP contribution is 2.16. The molecule has 1 rings (SSSR count). The molecular formula is C18H23N3O5. The summed E-state index contributed by atoms with van der Waals surface area (Å²) in [6.45, 7) is 5.68. The number of nitrogens with one attached hydrogen (secondary N) is 3. The molecule has 8 nitrogen and oxygen atoms in total. The predicted molar refractivity (Wildman–Crippen MR) is 95.8 cm³/mol. The van der Waals surface area contributed by atoms with E-state index in [1.54, 1.807) is 13.0 Å². The third-order valence-electron chi connectivity index (χ3n) is 3.22. The van der Waals surface area contributed by atoms with Crippen LogP contribution in [0.3, 0.4) is 0 Å². The number of amides is 3. The van der Waals surface area contributed by atoms with Gasteiger partial charge in [-0.3, -0.25) is 25.2 Å². The Kier molecular flexibility index (Phi) is 8.56. The summed E-state index contributed by atoms with van der Waals surface area (Å²) < 4.78 is 4.61. The first-order valence-corrected chi connectivity index (χ1v) is 8.12. The van der Waals surface area contributed by atoms with Crippen LogP contribution >= 0.6 is 0 Å². The van der Waals surface area contributed by atoms with Gasteiger partial charge in [0.1, 0.15) is 0 Å². The molecule has 0 bridgehead atoms. The van der Waals surface area contributed by atoms with Crippen molar-refractivity contribution in [1.82, 2.24) is 10.9 Å². The zero-order chi connectivity index (χ0) is 19.5. The second-order valence-electron chi connectivity index (χ2n) is 5.49. The van der Waals surface area contributed by atoms with E-state index in [1.165, 1.54) is 0 Å². The van der Waals surface area contributed by atoms with Crippen molar-refractivity contribution in [3.8, 4) is 0 Å². The van der Waals surface area contributed by atoms with Crippen molar-refractivity contribution >= 4 is 29.4 Å². The van der Waals surface area contributed by atoms with Gasteiger partial charge in [0.25, 0.3) is 5.91 Å². The minimum Gasteiger partial charge on any atom is -0.463 e. The van der Waals surface area contributed by atoms with Crippen molar-refractivity contribution in [2.45, 2.75) is 33.6 Å². The number of esters is 1. The number of hydrogen-bond acceptors (Lipinski definition) is 5. The van der Waals surface area contributed by atoms with Gasteiger partial charge >= 0.3 is 5.97 Å². The molecule has 1 aromatic carbocycles. The second-order valence-corrected chi connectivity index (χ2v) is 5.49. The molecule has 3 amide bonds. The third kappa shape index (κ3) is 8.09. The van der Waals surface area contributed by atoms with Gasteiger partial charge in [0.05, 0.1) is 6.61 Å². The van der Waals surface area contributed by atoms with Gasteiger partial charge in [-0.15, -0.1) is 0 Å². The van der Waals surface area contributed by atoms with Gasteiger partial charge in [-0.25, -0.2) is 4.79 Å². The average molecular weight is 361 g/mol. The molecule has 0 aromatic heterocycles. The molecule has 0 spiro atoms. The lowest BCUT2D eigenvalue weighted by Crippen LogP contribution is -2.41. The van der Waals surface area contributed by atoms with E-state index < -0.39 is 17.8 Å². The van der Waals surface area contributed by atoms with Crippen LogP contribution in [0.15, 0.2) is 30.4 Å². The van der Waals surface area contributed by atoms with Gasteiger partial charge in [-0.1, -0.05) is 17.7 Å². The zero-order valence-corrected chi connectivity index (χ0v) is 15.0. The number of anilines is 1. The molecule has 0 aliphatic rings. The molecule has 8 heteroatoms. The van der Waals surface area contributed by atoms with E-state index in [9.17, 15) is 19.2 Å². The fraction of sp³-hybridized carbons (Fsp3) is 0.333. The first kappa shape index (κ1) is 20.9. The smallest absolute Gasteiger partial charge is 0.330 e. The van der Waals surface area contributed by atoms with Crippen molar-refractivity contribution in [1.29, 1.82) is 0 Å². The Hall–Kier alpha value is -3.16. The molecule has 0 fully saturated rings. The summed E-state index contributed by atoms with van der Waals surface area (Å²) in [6.07, 6.45) is 1.75. The van der Waals surface area contributed by atoms with Crippen LogP contribution in [0.4, 0.5) is 5.69 Å². The third-order valence-corrected chi connectivity index (χ3v) is 3.22. The maximum Gasteiger partial charge on any atom is 0.330 e. The molecule has 0 atom stereocenters. The number of hydrazine groups is 1. The quantitative estimate of drug-likeness (QED) is 0.385. The van der Waals surface area contributed by atoms with E-state index in [0.717, 1.165) is 23.3 Å². The zero-order valence-electron chi connectivity index (χ0n) is 15.0. The van der Waals surface area contributed by atoms with Crippen molar-refractivity contribution in [2.75, 3.05) is 11.9 Å². The van der Waals surface area contributed by atoms with Gasteiger partial charge in [0.2, 0.25) is 11.8 Å². The summed E-state index contributed by atoms with van der Waals surface area (Å²) in [5, 5.41) is 2.73. The number of hydrogen-bond donors (Lipinski definition) is 3. The van der Waals surface area contributed by atoms with Gasteiger partial charge in [0.15, 0.2) is 0 Å². The second kappa shape index (κ2) is 10.7. The molecular weight excluding hydrogens is 338 g/mol. The summed E-state index contributed by atoms with van der Waals surface area (Å²) in [6, 6.07) is 5.63. The van der Waals surface area contributed by atoms with E-state index in [-0.39, 0.29) is 25.4 Å². The van der Waals surface area contributed by atoms with E-state index in [4.69, 9.17) is 0 Å². The molecule has 0 aliphatic heterocycles. The topological polar surface area (TPSA) is 114 Å². The van der Waals surface area contributed by atoms with E-state index in [0.29, 0.717) is 5.69 Å². The molecule has 140 valence electrons. The van der Waals surface area contributed by atoms with Crippen LogP contribution in [-0.2, 0) is 23.9 Å². The standard InChI is InChI=1S/C18H23N3O5/c1-4-26-18(25)10-9-17(24)21-20-16(23)8-7-15(22)19-14-6-5-12(2)11-13(14)3/h5-6,9-11H,4,7-8H2,1-3H3,(H,19,22)(H,20,23)(H,21,24)/b10-9+. The van der Waals surface area contributed by atoms with Crippen molar-refractivity contribution < 1.29 is 23.9 Å².